The number of aromatic hydroxyl groups is 1. The Labute approximate surface area is 247 Å². The van der Waals surface area contributed by atoms with Gasteiger partial charge in [-0.25, -0.2) is 8.78 Å². The van der Waals surface area contributed by atoms with E-state index in [1.165, 1.54) is 12.3 Å². The van der Waals surface area contributed by atoms with Gasteiger partial charge >= 0.3 is 6.01 Å². The van der Waals surface area contributed by atoms with E-state index >= 15 is 4.39 Å². The van der Waals surface area contributed by atoms with Crippen molar-refractivity contribution in [3.8, 4) is 23.0 Å². The van der Waals surface area contributed by atoms with E-state index in [0.717, 1.165) is 35.7 Å². The fourth-order valence-corrected chi connectivity index (χ4v) is 7.25. The monoisotopic (exact) mass is 591 g/mol. The summed E-state index contributed by atoms with van der Waals surface area (Å²) >= 11 is 0. The first-order valence-electron chi connectivity index (χ1n) is 15.0. The molecule has 0 saturated carbocycles. The van der Waals surface area contributed by atoms with Crippen molar-refractivity contribution < 1.29 is 28.8 Å². The predicted octanol–water partition coefficient (Wildman–Crippen LogP) is 4.14. The number of halogens is 2. The summed E-state index contributed by atoms with van der Waals surface area (Å²) in [6.07, 6.45) is 1.86. The zero-order valence-corrected chi connectivity index (χ0v) is 24.0. The number of aromatic nitrogens is 3. The Morgan fingerprint density at radius 2 is 1.98 bits per heavy atom. The average molecular weight is 592 g/mol. The number of aliphatic hydroxyl groups is 2. The average Bonchev–Trinajstić information content (AvgIpc) is 3.52. The van der Waals surface area contributed by atoms with Crippen LogP contribution in [0.25, 0.3) is 32.9 Å². The highest BCUT2D eigenvalue weighted by Gasteiger charge is 2.49. The number of anilines is 1. The SMILES string of the molecule is CCc1cccc2cc(O)cc(-c3ncc4c(N5CC[C@@H](O)[C@H](O)C5)nc(OC[C@@]56CCCN5C[C@H](F)C6)nc4c3F)c12. The first-order chi connectivity index (χ1) is 20.8. The van der Waals surface area contributed by atoms with Crippen molar-refractivity contribution >= 4 is 27.5 Å². The number of phenols is 1. The Kier molecular flexibility index (Phi) is 7.06. The number of aliphatic hydroxyl groups excluding tert-OH is 2. The van der Waals surface area contributed by atoms with Crippen LogP contribution < -0.4 is 9.64 Å². The molecule has 2 aromatic heterocycles. The number of aryl methyl sites for hydroxylation is 1. The van der Waals surface area contributed by atoms with E-state index in [2.05, 4.69) is 19.9 Å². The molecule has 3 aliphatic heterocycles. The molecule has 0 amide bonds. The lowest BCUT2D eigenvalue weighted by molar-refractivity contribution is 0.00788. The summed E-state index contributed by atoms with van der Waals surface area (Å²) in [4.78, 5) is 17.6. The summed E-state index contributed by atoms with van der Waals surface area (Å²) in [5.74, 6) is -0.352. The summed E-state index contributed by atoms with van der Waals surface area (Å²) in [6.45, 7) is 3.85. The molecule has 4 aromatic rings. The van der Waals surface area contributed by atoms with Crippen molar-refractivity contribution in [2.24, 2.45) is 0 Å². The van der Waals surface area contributed by atoms with Crippen molar-refractivity contribution in [3.63, 3.8) is 0 Å². The highest BCUT2D eigenvalue weighted by atomic mass is 19.1. The van der Waals surface area contributed by atoms with Crippen molar-refractivity contribution in [2.75, 3.05) is 37.7 Å². The molecule has 5 heterocycles. The van der Waals surface area contributed by atoms with E-state index in [1.54, 1.807) is 11.0 Å². The van der Waals surface area contributed by atoms with Crippen LogP contribution in [0.5, 0.6) is 11.8 Å². The van der Waals surface area contributed by atoms with Gasteiger partial charge < -0.3 is 25.0 Å². The molecule has 3 N–H and O–H groups in total. The lowest BCUT2D eigenvalue weighted by atomic mass is 9.95. The van der Waals surface area contributed by atoms with Gasteiger partial charge in [0.25, 0.3) is 0 Å². The van der Waals surface area contributed by atoms with Gasteiger partial charge in [0, 0.05) is 37.8 Å². The maximum Gasteiger partial charge on any atom is 0.319 e. The lowest BCUT2D eigenvalue weighted by Crippen LogP contribution is -2.47. The Hall–Kier alpha value is -3.67. The number of piperidine rings is 1. The van der Waals surface area contributed by atoms with Gasteiger partial charge in [-0.2, -0.15) is 9.97 Å². The fraction of sp³-hybridized carbons (Fsp3) is 0.469. The molecule has 9 nitrogen and oxygen atoms in total. The zero-order chi connectivity index (χ0) is 29.9. The molecule has 0 bridgehead atoms. The van der Waals surface area contributed by atoms with Gasteiger partial charge in [-0.15, -0.1) is 0 Å². The van der Waals surface area contributed by atoms with Gasteiger partial charge in [-0.05, 0) is 60.7 Å². The van der Waals surface area contributed by atoms with Crippen molar-refractivity contribution in [1.29, 1.82) is 0 Å². The summed E-state index contributed by atoms with van der Waals surface area (Å²) in [7, 11) is 0. The van der Waals surface area contributed by atoms with Gasteiger partial charge in [0.05, 0.1) is 23.1 Å². The van der Waals surface area contributed by atoms with Crippen molar-refractivity contribution in [2.45, 2.75) is 62.9 Å². The molecule has 0 spiro atoms. The van der Waals surface area contributed by atoms with Crippen LogP contribution >= 0.6 is 0 Å². The number of phenolic OH excluding ortho intramolecular Hbond substituents is 1. The Morgan fingerprint density at radius 1 is 1.12 bits per heavy atom. The third-order valence-electron chi connectivity index (χ3n) is 9.40. The maximum absolute atomic E-state index is 16.7. The van der Waals surface area contributed by atoms with E-state index < -0.39 is 29.7 Å². The van der Waals surface area contributed by atoms with Crippen LogP contribution in [0.2, 0.25) is 0 Å². The van der Waals surface area contributed by atoms with Crippen LogP contribution in [0.3, 0.4) is 0 Å². The standard InChI is InChI=1S/C32H35F2N5O4/c1-2-18-5-3-6-19-11-21(40)12-22(26(18)19)28-27(34)29-23(14-35-28)30(38-10-7-24(41)25(42)16-38)37-31(36-29)43-17-32-8-4-9-39(32)15-20(33)13-32/h3,5-6,11-12,14,20,24-25,40-42H,2,4,7-10,13,15-17H2,1H3/t20-,24-,25-,32+/m1/s1. The summed E-state index contributed by atoms with van der Waals surface area (Å²) < 4.78 is 37.2. The molecule has 3 saturated heterocycles. The van der Waals surface area contributed by atoms with Crippen LogP contribution in [0.4, 0.5) is 14.6 Å². The highest BCUT2D eigenvalue weighted by molar-refractivity contribution is 6.01. The molecule has 11 heteroatoms. The minimum atomic E-state index is -1.00. The van der Waals surface area contributed by atoms with Crippen LogP contribution in [-0.2, 0) is 6.42 Å². The molecule has 3 aliphatic rings. The molecule has 0 radical (unpaired) electrons. The molecular weight excluding hydrogens is 556 g/mol. The molecule has 226 valence electrons. The summed E-state index contributed by atoms with van der Waals surface area (Å²) in [5, 5.41) is 33.0. The number of ether oxygens (including phenoxy) is 1. The number of rotatable bonds is 6. The second kappa shape index (κ2) is 10.8. The van der Waals surface area contributed by atoms with Crippen LogP contribution in [0.15, 0.2) is 36.5 Å². The van der Waals surface area contributed by atoms with E-state index in [0.29, 0.717) is 49.1 Å². The quantitative estimate of drug-likeness (QED) is 0.304. The molecule has 4 atom stereocenters. The third kappa shape index (κ3) is 4.83. The van der Waals surface area contributed by atoms with Gasteiger partial charge in [0.1, 0.15) is 35.6 Å². The Morgan fingerprint density at radius 3 is 2.79 bits per heavy atom. The summed E-state index contributed by atoms with van der Waals surface area (Å²) in [5.41, 5.74) is 1.03. The van der Waals surface area contributed by atoms with Crippen molar-refractivity contribution in [3.05, 3.63) is 47.9 Å². The zero-order valence-electron chi connectivity index (χ0n) is 24.0. The van der Waals surface area contributed by atoms with Gasteiger partial charge in [-0.3, -0.25) is 9.88 Å². The van der Waals surface area contributed by atoms with Gasteiger partial charge in [0.2, 0.25) is 0 Å². The maximum atomic E-state index is 16.7. The predicted molar refractivity (Wildman–Crippen MR) is 159 cm³/mol. The first kappa shape index (κ1) is 28.1. The second-order valence-corrected chi connectivity index (χ2v) is 12.1. The number of pyridine rings is 1. The van der Waals surface area contributed by atoms with Crippen LogP contribution in [0.1, 0.15) is 38.2 Å². The molecule has 0 unspecified atom stereocenters. The Bertz CT molecular complexity index is 1710. The van der Waals surface area contributed by atoms with E-state index in [9.17, 15) is 19.7 Å². The second-order valence-electron chi connectivity index (χ2n) is 12.1. The normalized spacial score (nSPS) is 26.0. The number of β-amino-alcohol motifs (C(OH)–C–C–N with tert-alkyl or cyclic N) is 1. The first-order valence-corrected chi connectivity index (χ1v) is 15.0. The molecular formula is C32H35F2N5O4. The van der Waals surface area contributed by atoms with Gasteiger partial charge in [0.15, 0.2) is 5.82 Å². The van der Waals surface area contributed by atoms with E-state index in [4.69, 9.17) is 4.74 Å². The Balaban J connectivity index is 1.36. The number of fused-ring (bicyclic) bond motifs is 3. The minimum absolute atomic E-state index is 0.00610. The molecule has 3 fully saturated rings. The topological polar surface area (TPSA) is 115 Å². The third-order valence-corrected chi connectivity index (χ3v) is 9.40. The summed E-state index contributed by atoms with van der Waals surface area (Å²) in [6, 6.07) is 8.87. The lowest BCUT2D eigenvalue weighted by Gasteiger charge is -2.35. The van der Waals surface area contributed by atoms with Crippen LogP contribution in [0, 0.1) is 5.82 Å². The minimum Gasteiger partial charge on any atom is -0.508 e. The molecule has 2 aromatic carbocycles. The largest absolute Gasteiger partial charge is 0.508 e. The van der Waals surface area contributed by atoms with Gasteiger partial charge in [-0.1, -0.05) is 25.1 Å². The number of hydrogen-bond acceptors (Lipinski definition) is 9. The van der Waals surface area contributed by atoms with E-state index in [1.807, 2.05) is 25.1 Å². The van der Waals surface area contributed by atoms with E-state index in [-0.39, 0.29) is 36.1 Å². The number of benzene rings is 2. The smallest absolute Gasteiger partial charge is 0.319 e. The number of nitrogens with zero attached hydrogens (tertiary/aromatic N) is 5. The molecule has 0 aliphatic carbocycles. The number of hydrogen-bond donors (Lipinski definition) is 3. The number of alkyl halides is 1. The van der Waals surface area contributed by atoms with Crippen molar-refractivity contribution in [1.82, 2.24) is 19.9 Å². The highest BCUT2D eigenvalue weighted by Crippen LogP contribution is 2.41. The fourth-order valence-electron chi connectivity index (χ4n) is 7.25. The molecule has 43 heavy (non-hydrogen) atoms. The van der Waals surface area contributed by atoms with Crippen LogP contribution in [-0.4, -0.2) is 91.9 Å². The molecule has 7 rings (SSSR count).